The summed E-state index contributed by atoms with van der Waals surface area (Å²) in [6, 6.07) is 7.64. The monoisotopic (exact) mass is 409 g/mol. The van der Waals surface area contributed by atoms with E-state index in [-0.39, 0.29) is 19.8 Å². The maximum Gasteiger partial charge on any atom is 0.407 e. The second-order valence-corrected chi connectivity index (χ2v) is 6.03. The second kappa shape index (κ2) is 12.4. The Morgan fingerprint density at radius 3 is 1.93 bits per heavy atom. The number of ether oxygens (including phenoxy) is 4. The molecule has 0 saturated carbocycles. The molecular formula is C20H27NO8. The van der Waals surface area contributed by atoms with Gasteiger partial charge in [0.05, 0.1) is 32.3 Å². The zero-order chi connectivity index (χ0) is 21.8. The molecule has 0 radical (unpaired) electrons. The highest BCUT2D eigenvalue weighted by molar-refractivity contribution is 5.97. The van der Waals surface area contributed by atoms with Crippen LogP contribution in [0.5, 0.6) is 0 Å². The van der Waals surface area contributed by atoms with E-state index in [4.69, 9.17) is 18.9 Å². The highest BCUT2D eigenvalue weighted by atomic mass is 16.6. The number of nitrogens with one attached hydrogen (secondary N) is 1. The number of amides is 1. The number of carbonyl (C=O) groups is 4. The van der Waals surface area contributed by atoms with E-state index in [1.807, 2.05) is 6.07 Å². The average molecular weight is 409 g/mol. The van der Waals surface area contributed by atoms with Crippen LogP contribution in [-0.2, 0) is 39.9 Å². The molecule has 0 fully saturated rings. The van der Waals surface area contributed by atoms with Crippen molar-refractivity contribution in [3.63, 3.8) is 0 Å². The van der Waals surface area contributed by atoms with Crippen molar-refractivity contribution in [1.82, 2.24) is 5.32 Å². The van der Waals surface area contributed by atoms with Crippen LogP contribution >= 0.6 is 0 Å². The smallest absolute Gasteiger partial charge is 0.407 e. The Morgan fingerprint density at radius 1 is 0.897 bits per heavy atom. The largest absolute Gasteiger partial charge is 0.469 e. The van der Waals surface area contributed by atoms with Crippen molar-refractivity contribution in [2.24, 2.45) is 11.8 Å². The molecule has 0 aliphatic heterocycles. The van der Waals surface area contributed by atoms with Gasteiger partial charge in [-0.2, -0.15) is 0 Å². The Hall–Kier alpha value is -3.10. The number of carbonyl (C=O) groups excluding carboxylic acids is 4. The van der Waals surface area contributed by atoms with E-state index in [0.717, 1.165) is 12.7 Å². The Bertz CT molecular complexity index is 673. The third-order valence-electron chi connectivity index (χ3n) is 4.05. The first-order valence-electron chi connectivity index (χ1n) is 9.23. The average Bonchev–Trinajstić information content (AvgIpc) is 2.71. The maximum absolute atomic E-state index is 12.4. The number of esters is 3. The number of rotatable bonds is 10. The van der Waals surface area contributed by atoms with Crippen LogP contribution in [0.1, 0.15) is 26.3 Å². The molecule has 0 aliphatic carbocycles. The summed E-state index contributed by atoms with van der Waals surface area (Å²) in [5.41, 5.74) is 0.743. The van der Waals surface area contributed by atoms with Gasteiger partial charge >= 0.3 is 24.0 Å². The first-order valence-corrected chi connectivity index (χ1v) is 9.23. The third kappa shape index (κ3) is 7.44. The Morgan fingerprint density at radius 2 is 1.45 bits per heavy atom. The van der Waals surface area contributed by atoms with Crippen molar-refractivity contribution in [3.05, 3.63) is 35.9 Å². The minimum Gasteiger partial charge on any atom is -0.469 e. The van der Waals surface area contributed by atoms with Gasteiger partial charge in [0.1, 0.15) is 6.61 Å². The van der Waals surface area contributed by atoms with Crippen molar-refractivity contribution in [3.8, 4) is 0 Å². The van der Waals surface area contributed by atoms with Gasteiger partial charge < -0.3 is 24.3 Å². The van der Waals surface area contributed by atoms with Crippen LogP contribution in [0.4, 0.5) is 4.79 Å². The lowest BCUT2D eigenvalue weighted by molar-refractivity contribution is -0.164. The van der Waals surface area contributed by atoms with Crippen LogP contribution < -0.4 is 5.32 Å². The summed E-state index contributed by atoms with van der Waals surface area (Å²) in [6.45, 7) is 4.54. The zero-order valence-electron chi connectivity index (χ0n) is 17.0. The molecule has 1 aromatic carbocycles. The highest BCUT2D eigenvalue weighted by Crippen LogP contribution is 2.19. The van der Waals surface area contributed by atoms with Gasteiger partial charge in [0.25, 0.3) is 0 Å². The molecule has 2 unspecified atom stereocenters. The standard InChI is InChI=1S/C20H27NO8/c1-5-27-18(23)15(19(24)28-6-2)16(13(3)17(22)26-4)21-20(25)29-12-14-10-8-7-9-11-14/h7-11,13,15-16H,5-6,12H2,1-4H3,(H,21,25). The maximum atomic E-state index is 12.4. The first kappa shape index (κ1) is 23.9. The Kier molecular flexibility index (Phi) is 10.2. The molecule has 0 aromatic heterocycles. The molecule has 1 N–H and O–H groups in total. The summed E-state index contributed by atoms with van der Waals surface area (Å²) < 4.78 is 19.7. The van der Waals surface area contributed by atoms with Crippen molar-refractivity contribution < 1.29 is 38.1 Å². The molecule has 160 valence electrons. The molecule has 1 rings (SSSR count). The van der Waals surface area contributed by atoms with Gasteiger partial charge in [0.2, 0.25) is 0 Å². The molecule has 2 atom stereocenters. The van der Waals surface area contributed by atoms with Crippen molar-refractivity contribution in [2.45, 2.75) is 33.4 Å². The molecule has 29 heavy (non-hydrogen) atoms. The minimum absolute atomic E-state index is 0.00647. The molecule has 0 bridgehead atoms. The molecule has 9 heteroatoms. The van der Waals surface area contributed by atoms with E-state index in [0.29, 0.717) is 0 Å². The van der Waals surface area contributed by atoms with Crippen LogP contribution in [0.15, 0.2) is 30.3 Å². The lowest BCUT2D eigenvalue weighted by Crippen LogP contribution is -2.53. The van der Waals surface area contributed by atoms with Crippen LogP contribution in [0.25, 0.3) is 0 Å². The number of hydrogen-bond acceptors (Lipinski definition) is 8. The van der Waals surface area contributed by atoms with Crippen LogP contribution in [-0.4, -0.2) is 50.4 Å². The van der Waals surface area contributed by atoms with Crippen LogP contribution in [0.3, 0.4) is 0 Å². The summed E-state index contributed by atoms with van der Waals surface area (Å²) in [5, 5.41) is 2.42. The second-order valence-electron chi connectivity index (χ2n) is 6.03. The van der Waals surface area contributed by atoms with Crippen molar-refractivity contribution in [1.29, 1.82) is 0 Å². The molecular weight excluding hydrogens is 382 g/mol. The predicted octanol–water partition coefficient (Wildman–Crippen LogP) is 1.83. The minimum atomic E-state index is -1.56. The lowest BCUT2D eigenvalue weighted by atomic mass is 9.89. The molecule has 0 aliphatic rings. The first-order chi connectivity index (χ1) is 13.8. The summed E-state index contributed by atoms with van der Waals surface area (Å²) in [5.74, 6) is -5.18. The van der Waals surface area contributed by atoms with Gasteiger partial charge in [-0.05, 0) is 26.3 Å². The van der Waals surface area contributed by atoms with E-state index in [2.05, 4.69) is 5.32 Å². The molecule has 0 heterocycles. The van der Waals surface area contributed by atoms with Crippen LogP contribution in [0.2, 0.25) is 0 Å². The molecule has 1 amide bonds. The molecule has 0 spiro atoms. The van der Waals surface area contributed by atoms with Gasteiger partial charge in [0.15, 0.2) is 5.92 Å². The van der Waals surface area contributed by atoms with E-state index in [9.17, 15) is 19.2 Å². The van der Waals surface area contributed by atoms with E-state index in [1.165, 1.54) is 6.92 Å². The predicted molar refractivity (Wildman–Crippen MR) is 101 cm³/mol. The topological polar surface area (TPSA) is 117 Å². The van der Waals surface area contributed by atoms with Crippen LogP contribution in [0, 0.1) is 11.8 Å². The molecule has 1 aromatic rings. The van der Waals surface area contributed by atoms with Gasteiger partial charge in [-0.1, -0.05) is 30.3 Å². The summed E-state index contributed by atoms with van der Waals surface area (Å²) >= 11 is 0. The third-order valence-corrected chi connectivity index (χ3v) is 4.05. The molecule has 9 nitrogen and oxygen atoms in total. The van der Waals surface area contributed by atoms with Crippen molar-refractivity contribution in [2.75, 3.05) is 20.3 Å². The van der Waals surface area contributed by atoms with E-state index < -0.39 is 41.9 Å². The van der Waals surface area contributed by atoms with E-state index >= 15 is 0 Å². The Labute approximate surface area is 169 Å². The number of methoxy groups -OCH3 is 1. The zero-order valence-corrected chi connectivity index (χ0v) is 17.0. The highest BCUT2D eigenvalue weighted by Gasteiger charge is 2.44. The number of benzene rings is 1. The fourth-order valence-electron chi connectivity index (χ4n) is 2.58. The number of alkyl carbamates (subject to hydrolysis) is 1. The SMILES string of the molecule is CCOC(=O)C(C(=O)OCC)C(NC(=O)OCc1ccccc1)C(C)C(=O)OC. The normalized spacial score (nSPS) is 12.4. The fraction of sp³-hybridized carbons (Fsp3) is 0.500. The van der Waals surface area contributed by atoms with Gasteiger partial charge in [-0.15, -0.1) is 0 Å². The molecule has 0 saturated heterocycles. The van der Waals surface area contributed by atoms with Gasteiger partial charge in [-0.3, -0.25) is 14.4 Å². The lowest BCUT2D eigenvalue weighted by Gasteiger charge is -2.28. The number of hydrogen-bond donors (Lipinski definition) is 1. The fourth-order valence-corrected chi connectivity index (χ4v) is 2.58. The van der Waals surface area contributed by atoms with Gasteiger partial charge in [0, 0.05) is 0 Å². The quantitative estimate of drug-likeness (QED) is 0.353. The summed E-state index contributed by atoms with van der Waals surface area (Å²) in [7, 11) is 1.16. The van der Waals surface area contributed by atoms with E-state index in [1.54, 1.807) is 38.1 Å². The van der Waals surface area contributed by atoms with Gasteiger partial charge in [-0.25, -0.2) is 4.79 Å². The summed E-state index contributed by atoms with van der Waals surface area (Å²) in [4.78, 5) is 49.2. The Balaban J connectivity index is 3.05. The van der Waals surface area contributed by atoms with Crippen molar-refractivity contribution >= 4 is 24.0 Å². The summed E-state index contributed by atoms with van der Waals surface area (Å²) in [6.07, 6.45) is -0.909.